The van der Waals surface area contributed by atoms with Crippen molar-refractivity contribution in [1.82, 2.24) is 4.98 Å². The lowest BCUT2D eigenvalue weighted by Gasteiger charge is -2.10. The predicted molar refractivity (Wildman–Crippen MR) is 79.6 cm³/mol. The number of aromatic nitrogens is 1. The number of nitrogens with one attached hydrogen (secondary N) is 1. The molecule has 0 radical (unpaired) electrons. The van der Waals surface area contributed by atoms with E-state index in [1.54, 1.807) is 18.2 Å². The Kier molecular flexibility index (Phi) is 3.92. The van der Waals surface area contributed by atoms with Gasteiger partial charge < -0.3 is 16.8 Å². The third-order valence-electron chi connectivity index (χ3n) is 2.36. The van der Waals surface area contributed by atoms with Gasteiger partial charge in [0.2, 0.25) is 0 Å². The largest absolute Gasteiger partial charge is 0.397 e. The van der Waals surface area contributed by atoms with Gasteiger partial charge in [0, 0.05) is 10.2 Å². The second-order valence-electron chi connectivity index (χ2n) is 3.78. The van der Waals surface area contributed by atoms with Crippen LogP contribution in [0, 0.1) is 0 Å². The number of pyridine rings is 1. The van der Waals surface area contributed by atoms with Crippen LogP contribution in [0.1, 0.15) is 10.4 Å². The van der Waals surface area contributed by atoms with Crippen LogP contribution in [0.25, 0.3) is 0 Å². The Morgan fingerprint density at radius 1 is 1.37 bits per heavy atom. The third-order valence-corrected chi connectivity index (χ3v) is 3.57. The molecule has 1 aromatic carbocycles. The molecule has 0 saturated carbocycles. The van der Waals surface area contributed by atoms with Gasteiger partial charge in [-0.15, -0.1) is 0 Å². The number of hydrogen-bond donors (Lipinski definition) is 3. The summed E-state index contributed by atoms with van der Waals surface area (Å²) in [6, 6.07) is 6.72. The summed E-state index contributed by atoms with van der Waals surface area (Å²) in [5, 5.41) is 3.58. The number of amides is 1. The molecule has 2 rings (SSSR count). The number of nitrogens with two attached hydrogens (primary N) is 2. The Morgan fingerprint density at radius 3 is 2.74 bits per heavy atom. The van der Waals surface area contributed by atoms with Gasteiger partial charge in [-0.05, 0) is 40.2 Å². The number of carbonyl (C=O) groups is 1. The van der Waals surface area contributed by atoms with Crippen LogP contribution in [0.4, 0.5) is 17.2 Å². The molecule has 0 aliphatic rings. The first kappa shape index (κ1) is 13.6. The summed E-state index contributed by atoms with van der Waals surface area (Å²) >= 11 is 9.22. The van der Waals surface area contributed by atoms with E-state index in [4.69, 9.17) is 23.1 Å². The molecular formula is C12H10BrClN4O. The topological polar surface area (TPSA) is 94.0 Å². The van der Waals surface area contributed by atoms with Gasteiger partial charge in [0.15, 0.2) is 0 Å². The number of rotatable bonds is 3. The molecule has 0 aliphatic carbocycles. The van der Waals surface area contributed by atoms with E-state index in [0.29, 0.717) is 16.5 Å². The summed E-state index contributed by atoms with van der Waals surface area (Å²) in [5.74, 6) is -0.258. The number of carbonyl (C=O) groups excluding carboxylic acids is 1. The van der Waals surface area contributed by atoms with Crippen molar-refractivity contribution in [2.45, 2.75) is 0 Å². The minimum atomic E-state index is -0.602. The van der Waals surface area contributed by atoms with Crippen LogP contribution < -0.4 is 16.8 Å². The Morgan fingerprint density at radius 2 is 2.11 bits per heavy atom. The summed E-state index contributed by atoms with van der Waals surface area (Å²) in [5.41, 5.74) is 12.2. The molecule has 1 aromatic heterocycles. The van der Waals surface area contributed by atoms with E-state index in [-0.39, 0.29) is 5.56 Å². The molecule has 0 bridgehead atoms. The number of primary amides is 1. The molecule has 0 unspecified atom stereocenters. The van der Waals surface area contributed by atoms with E-state index >= 15 is 0 Å². The maximum Gasteiger partial charge on any atom is 0.252 e. The highest BCUT2D eigenvalue weighted by atomic mass is 79.9. The van der Waals surface area contributed by atoms with Crippen LogP contribution in [0.15, 0.2) is 34.9 Å². The number of halogens is 2. The van der Waals surface area contributed by atoms with Crippen molar-refractivity contribution in [2.75, 3.05) is 11.1 Å². The minimum Gasteiger partial charge on any atom is -0.397 e. The minimum absolute atomic E-state index is 0.228. The molecular weight excluding hydrogens is 332 g/mol. The first-order chi connectivity index (χ1) is 8.97. The molecule has 98 valence electrons. The fourth-order valence-electron chi connectivity index (χ4n) is 1.48. The summed E-state index contributed by atoms with van der Waals surface area (Å²) in [7, 11) is 0. The van der Waals surface area contributed by atoms with E-state index in [1.165, 1.54) is 12.3 Å². The van der Waals surface area contributed by atoms with E-state index in [9.17, 15) is 4.79 Å². The molecule has 0 fully saturated rings. The van der Waals surface area contributed by atoms with Gasteiger partial charge in [0.25, 0.3) is 5.91 Å². The van der Waals surface area contributed by atoms with Crippen molar-refractivity contribution in [1.29, 1.82) is 0 Å². The zero-order chi connectivity index (χ0) is 14.0. The molecule has 1 amide bonds. The average molecular weight is 342 g/mol. The smallest absolute Gasteiger partial charge is 0.252 e. The van der Waals surface area contributed by atoms with Crippen LogP contribution >= 0.6 is 27.5 Å². The van der Waals surface area contributed by atoms with Gasteiger partial charge in [-0.3, -0.25) is 4.79 Å². The number of hydrogen-bond acceptors (Lipinski definition) is 4. The highest BCUT2D eigenvalue weighted by molar-refractivity contribution is 9.10. The highest BCUT2D eigenvalue weighted by Crippen LogP contribution is 2.28. The number of benzene rings is 1. The summed E-state index contributed by atoms with van der Waals surface area (Å²) in [4.78, 5) is 15.4. The van der Waals surface area contributed by atoms with Gasteiger partial charge in [-0.2, -0.15) is 0 Å². The van der Waals surface area contributed by atoms with E-state index in [0.717, 1.165) is 10.2 Å². The van der Waals surface area contributed by atoms with Gasteiger partial charge in [-0.1, -0.05) is 11.6 Å². The van der Waals surface area contributed by atoms with Crippen molar-refractivity contribution in [3.8, 4) is 0 Å². The fourth-order valence-corrected chi connectivity index (χ4v) is 1.98. The van der Waals surface area contributed by atoms with Gasteiger partial charge in [0.05, 0.1) is 22.5 Å². The molecule has 7 heteroatoms. The fraction of sp³-hybridized carbons (Fsp3) is 0. The molecule has 5 nitrogen and oxygen atoms in total. The van der Waals surface area contributed by atoms with Crippen molar-refractivity contribution >= 4 is 50.6 Å². The molecule has 5 N–H and O–H groups in total. The first-order valence-corrected chi connectivity index (χ1v) is 6.42. The Labute approximate surface area is 123 Å². The standard InChI is InChI=1S/C12H10BrClN4O/c13-9-4-7(1-2-10(9)14)18-12-8(11(16)19)3-6(15)5-17-12/h1-5H,15H2,(H2,16,19)(H,17,18). The van der Waals surface area contributed by atoms with Crippen molar-refractivity contribution in [3.05, 3.63) is 45.5 Å². The van der Waals surface area contributed by atoms with E-state index < -0.39 is 5.91 Å². The lowest BCUT2D eigenvalue weighted by atomic mass is 10.2. The summed E-state index contributed by atoms with van der Waals surface area (Å²) in [6.07, 6.45) is 1.44. The molecule has 19 heavy (non-hydrogen) atoms. The third kappa shape index (κ3) is 3.15. The second kappa shape index (κ2) is 5.46. The van der Waals surface area contributed by atoms with Crippen molar-refractivity contribution < 1.29 is 4.79 Å². The molecule has 2 aromatic rings. The maximum atomic E-state index is 11.3. The first-order valence-electron chi connectivity index (χ1n) is 5.25. The van der Waals surface area contributed by atoms with Crippen LogP contribution in [0.5, 0.6) is 0 Å². The number of nitrogens with zero attached hydrogens (tertiary/aromatic N) is 1. The molecule has 0 atom stereocenters. The molecule has 0 spiro atoms. The molecule has 0 saturated heterocycles. The zero-order valence-electron chi connectivity index (χ0n) is 9.65. The van der Waals surface area contributed by atoms with Gasteiger partial charge >= 0.3 is 0 Å². The Balaban J connectivity index is 2.37. The van der Waals surface area contributed by atoms with Crippen molar-refractivity contribution in [2.24, 2.45) is 5.73 Å². The molecule has 1 heterocycles. The maximum absolute atomic E-state index is 11.3. The van der Waals surface area contributed by atoms with E-state index in [2.05, 4.69) is 26.2 Å². The van der Waals surface area contributed by atoms with Crippen LogP contribution in [-0.4, -0.2) is 10.9 Å². The Bertz CT molecular complexity index is 648. The lowest BCUT2D eigenvalue weighted by Crippen LogP contribution is -2.14. The SMILES string of the molecule is NC(=O)c1cc(N)cnc1Nc1ccc(Cl)c(Br)c1. The van der Waals surface area contributed by atoms with Crippen molar-refractivity contribution in [3.63, 3.8) is 0 Å². The highest BCUT2D eigenvalue weighted by Gasteiger charge is 2.11. The van der Waals surface area contributed by atoms with Gasteiger partial charge in [-0.25, -0.2) is 4.98 Å². The van der Waals surface area contributed by atoms with Crippen LogP contribution in [0.3, 0.4) is 0 Å². The summed E-state index contributed by atoms with van der Waals surface area (Å²) < 4.78 is 0.732. The monoisotopic (exact) mass is 340 g/mol. The number of nitrogen functional groups attached to an aromatic ring is 1. The normalized spacial score (nSPS) is 10.2. The zero-order valence-corrected chi connectivity index (χ0v) is 12.0. The van der Waals surface area contributed by atoms with Crippen LogP contribution in [-0.2, 0) is 0 Å². The van der Waals surface area contributed by atoms with E-state index in [1.807, 2.05) is 0 Å². The number of anilines is 3. The Hall–Kier alpha value is -1.79. The second-order valence-corrected chi connectivity index (χ2v) is 5.04. The summed E-state index contributed by atoms with van der Waals surface area (Å²) in [6.45, 7) is 0. The predicted octanol–water partition coefficient (Wildman–Crippen LogP) is 2.92. The van der Waals surface area contributed by atoms with Crippen LogP contribution in [0.2, 0.25) is 5.02 Å². The van der Waals surface area contributed by atoms with Gasteiger partial charge in [0.1, 0.15) is 5.82 Å². The lowest BCUT2D eigenvalue weighted by molar-refractivity contribution is 0.100. The molecule has 0 aliphatic heterocycles. The average Bonchev–Trinajstić information content (AvgIpc) is 2.36. The quantitative estimate of drug-likeness (QED) is 0.800.